The highest BCUT2D eigenvalue weighted by Gasteiger charge is 2.16. The Balaban J connectivity index is 2.07. The van der Waals surface area contributed by atoms with Crippen molar-refractivity contribution in [2.75, 3.05) is 18.0 Å². The van der Waals surface area contributed by atoms with E-state index in [9.17, 15) is 13.2 Å². The first-order chi connectivity index (χ1) is 11.7. The standard InChI is InChI=1S/C19H24N2O3S/c1-14-5-9-19(10-6-14)25(23,24)20-11-12-21(17(4)22)18-8-7-15(2)16(3)13-18/h5-10,13,20H,11-12H2,1-4H3. The number of hydrogen-bond donors (Lipinski definition) is 1. The number of anilines is 1. The van der Waals surface area contributed by atoms with Crippen molar-refractivity contribution in [1.29, 1.82) is 0 Å². The zero-order valence-corrected chi connectivity index (χ0v) is 15.9. The Bertz CT molecular complexity index is 859. The summed E-state index contributed by atoms with van der Waals surface area (Å²) in [5.74, 6) is -0.127. The second-order valence-electron chi connectivity index (χ2n) is 6.15. The molecular weight excluding hydrogens is 336 g/mol. The van der Waals surface area contributed by atoms with Crippen molar-refractivity contribution in [3.63, 3.8) is 0 Å². The molecule has 0 spiro atoms. The fourth-order valence-corrected chi connectivity index (χ4v) is 3.48. The van der Waals surface area contributed by atoms with Crippen LogP contribution in [0.5, 0.6) is 0 Å². The number of carbonyl (C=O) groups excluding carboxylic acids is 1. The molecule has 25 heavy (non-hydrogen) atoms. The molecule has 0 saturated carbocycles. The molecule has 0 atom stereocenters. The minimum Gasteiger partial charge on any atom is -0.311 e. The van der Waals surface area contributed by atoms with E-state index in [1.807, 2.05) is 39.0 Å². The molecule has 0 aliphatic heterocycles. The largest absolute Gasteiger partial charge is 0.311 e. The van der Waals surface area contributed by atoms with E-state index >= 15 is 0 Å². The van der Waals surface area contributed by atoms with E-state index < -0.39 is 10.0 Å². The van der Waals surface area contributed by atoms with E-state index in [0.717, 1.165) is 22.4 Å². The molecule has 0 fully saturated rings. The third-order valence-corrected chi connectivity index (χ3v) is 5.62. The zero-order chi connectivity index (χ0) is 18.6. The minimum atomic E-state index is -3.58. The molecule has 0 aromatic heterocycles. The molecule has 0 saturated heterocycles. The zero-order valence-electron chi connectivity index (χ0n) is 15.0. The van der Waals surface area contributed by atoms with Crippen LogP contribution < -0.4 is 9.62 Å². The second kappa shape index (κ2) is 7.80. The number of benzene rings is 2. The Hall–Kier alpha value is -2.18. The third kappa shape index (κ3) is 4.90. The lowest BCUT2D eigenvalue weighted by Gasteiger charge is -2.22. The molecule has 6 heteroatoms. The van der Waals surface area contributed by atoms with Crippen molar-refractivity contribution < 1.29 is 13.2 Å². The summed E-state index contributed by atoms with van der Waals surface area (Å²) >= 11 is 0. The number of hydrogen-bond acceptors (Lipinski definition) is 3. The maximum atomic E-state index is 12.3. The van der Waals surface area contributed by atoms with Crippen molar-refractivity contribution in [1.82, 2.24) is 4.72 Å². The molecule has 0 unspecified atom stereocenters. The maximum absolute atomic E-state index is 12.3. The summed E-state index contributed by atoms with van der Waals surface area (Å²) in [6, 6.07) is 12.4. The molecule has 0 aliphatic rings. The van der Waals surface area contributed by atoms with Crippen LogP contribution in [0.4, 0.5) is 5.69 Å². The average Bonchev–Trinajstić information content (AvgIpc) is 2.54. The van der Waals surface area contributed by atoms with Crippen molar-refractivity contribution >= 4 is 21.6 Å². The monoisotopic (exact) mass is 360 g/mol. The summed E-state index contributed by atoms with van der Waals surface area (Å²) in [5.41, 5.74) is 4.00. The van der Waals surface area contributed by atoms with Crippen LogP contribution in [0.2, 0.25) is 0 Å². The summed E-state index contributed by atoms with van der Waals surface area (Å²) in [6.45, 7) is 7.78. The third-order valence-electron chi connectivity index (χ3n) is 4.14. The number of amides is 1. The predicted molar refractivity (Wildman–Crippen MR) is 100 cm³/mol. The Morgan fingerprint density at radius 3 is 2.20 bits per heavy atom. The lowest BCUT2D eigenvalue weighted by molar-refractivity contribution is -0.116. The van der Waals surface area contributed by atoms with Crippen LogP contribution in [-0.4, -0.2) is 27.4 Å². The first-order valence-electron chi connectivity index (χ1n) is 8.12. The van der Waals surface area contributed by atoms with E-state index in [2.05, 4.69) is 4.72 Å². The molecule has 1 amide bonds. The molecule has 0 radical (unpaired) electrons. The van der Waals surface area contributed by atoms with E-state index in [-0.39, 0.29) is 23.9 Å². The first-order valence-corrected chi connectivity index (χ1v) is 9.61. The van der Waals surface area contributed by atoms with Crippen LogP contribution in [0.25, 0.3) is 0 Å². The van der Waals surface area contributed by atoms with Gasteiger partial charge < -0.3 is 4.90 Å². The normalized spacial score (nSPS) is 11.4. The van der Waals surface area contributed by atoms with Gasteiger partial charge in [-0.05, 0) is 56.2 Å². The second-order valence-corrected chi connectivity index (χ2v) is 7.92. The molecule has 0 heterocycles. The van der Waals surface area contributed by atoms with Crippen LogP contribution in [-0.2, 0) is 14.8 Å². The highest BCUT2D eigenvalue weighted by molar-refractivity contribution is 7.89. The van der Waals surface area contributed by atoms with Gasteiger partial charge in [-0.25, -0.2) is 13.1 Å². The van der Waals surface area contributed by atoms with Gasteiger partial charge in [-0.2, -0.15) is 0 Å². The smallest absolute Gasteiger partial charge is 0.240 e. The van der Waals surface area contributed by atoms with Gasteiger partial charge in [0.1, 0.15) is 0 Å². The van der Waals surface area contributed by atoms with Crippen LogP contribution in [0, 0.1) is 20.8 Å². The molecule has 2 rings (SSSR count). The van der Waals surface area contributed by atoms with E-state index in [1.165, 1.54) is 6.92 Å². The van der Waals surface area contributed by atoms with Gasteiger partial charge in [0.2, 0.25) is 15.9 Å². The Kier molecular flexibility index (Phi) is 5.98. The summed E-state index contributed by atoms with van der Waals surface area (Å²) in [5, 5.41) is 0. The van der Waals surface area contributed by atoms with Crippen molar-refractivity contribution in [2.24, 2.45) is 0 Å². The van der Waals surface area contributed by atoms with E-state index in [4.69, 9.17) is 0 Å². The van der Waals surface area contributed by atoms with Gasteiger partial charge in [-0.1, -0.05) is 23.8 Å². The van der Waals surface area contributed by atoms with Crippen molar-refractivity contribution in [3.05, 3.63) is 59.2 Å². The number of nitrogens with one attached hydrogen (secondary N) is 1. The van der Waals surface area contributed by atoms with E-state index in [0.29, 0.717) is 0 Å². The molecule has 2 aromatic carbocycles. The quantitative estimate of drug-likeness (QED) is 0.861. The van der Waals surface area contributed by atoms with Gasteiger partial charge in [0.15, 0.2) is 0 Å². The first kappa shape index (κ1) is 19.1. The van der Waals surface area contributed by atoms with Crippen LogP contribution in [0.3, 0.4) is 0 Å². The lowest BCUT2D eigenvalue weighted by Crippen LogP contribution is -2.37. The van der Waals surface area contributed by atoms with E-state index in [1.54, 1.807) is 29.2 Å². The molecule has 2 aromatic rings. The average molecular weight is 360 g/mol. The van der Waals surface area contributed by atoms with Gasteiger partial charge in [0.05, 0.1) is 4.90 Å². The molecule has 0 bridgehead atoms. The van der Waals surface area contributed by atoms with Gasteiger partial charge in [0.25, 0.3) is 0 Å². The Labute approximate surface area is 149 Å². The molecule has 134 valence electrons. The minimum absolute atomic E-state index is 0.127. The van der Waals surface area contributed by atoms with Gasteiger partial charge in [-0.15, -0.1) is 0 Å². The molecule has 1 N–H and O–H groups in total. The Morgan fingerprint density at radius 2 is 1.64 bits per heavy atom. The summed E-state index contributed by atoms with van der Waals surface area (Å²) in [6.07, 6.45) is 0. The lowest BCUT2D eigenvalue weighted by atomic mass is 10.1. The van der Waals surface area contributed by atoms with Crippen molar-refractivity contribution in [2.45, 2.75) is 32.6 Å². The fraction of sp³-hybridized carbons (Fsp3) is 0.316. The number of aryl methyl sites for hydroxylation is 3. The predicted octanol–water partition coefficient (Wildman–Crippen LogP) is 2.94. The Morgan fingerprint density at radius 1 is 1.00 bits per heavy atom. The molecular formula is C19H24N2O3S. The summed E-state index contributed by atoms with van der Waals surface area (Å²) in [4.78, 5) is 13.7. The van der Waals surface area contributed by atoms with Crippen LogP contribution in [0.1, 0.15) is 23.6 Å². The SMILES string of the molecule is CC(=O)N(CCNS(=O)(=O)c1ccc(C)cc1)c1ccc(C)c(C)c1. The topological polar surface area (TPSA) is 66.5 Å². The van der Waals surface area contributed by atoms with Crippen LogP contribution >= 0.6 is 0 Å². The van der Waals surface area contributed by atoms with Crippen molar-refractivity contribution in [3.8, 4) is 0 Å². The number of nitrogens with zero attached hydrogens (tertiary/aromatic N) is 1. The summed E-state index contributed by atoms with van der Waals surface area (Å²) < 4.78 is 27.2. The highest BCUT2D eigenvalue weighted by atomic mass is 32.2. The molecule has 5 nitrogen and oxygen atoms in total. The summed E-state index contributed by atoms with van der Waals surface area (Å²) in [7, 11) is -3.58. The number of rotatable bonds is 6. The molecule has 0 aliphatic carbocycles. The van der Waals surface area contributed by atoms with Gasteiger partial charge in [-0.3, -0.25) is 4.79 Å². The number of carbonyl (C=O) groups is 1. The fourth-order valence-electron chi connectivity index (χ4n) is 2.45. The maximum Gasteiger partial charge on any atom is 0.240 e. The van der Waals surface area contributed by atoms with Crippen LogP contribution in [0.15, 0.2) is 47.4 Å². The highest BCUT2D eigenvalue weighted by Crippen LogP contribution is 2.19. The van der Waals surface area contributed by atoms with Gasteiger partial charge in [0, 0.05) is 25.7 Å². The van der Waals surface area contributed by atoms with Gasteiger partial charge >= 0.3 is 0 Å². The number of sulfonamides is 1.